The molecule has 0 saturated heterocycles. The average molecular weight is 340 g/mol. The summed E-state index contributed by atoms with van der Waals surface area (Å²) in [6.45, 7) is 6.39. The maximum atomic E-state index is 11.2. The highest BCUT2D eigenvalue weighted by Crippen LogP contribution is 2.09. The number of benzene rings is 1. The fourth-order valence-corrected chi connectivity index (χ4v) is 2.57. The van der Waals surface area contributed by atoms with Crippen LogP contribution in [-0.2, 0) is 16.6 Å². The molecule has 0 bridgehead atoms. The van der Waals surface area contributed by atoms with Crippen molar-refractivity contribution in [2.45, 2.75) is 51.0 Å². The number of hydrogen-bond acceptors (Lipinski definition) is 3. The minimum absolute atomic E-state index is 0.117. The van der Waals surface area contributed by atoms with Crippen LogP contribution in [0.3, 0.4) is 0 Å². The number of nitrogens with zero attached hydrogens (tertiary/aromatic N) is 1. The van der Waals surface area contributed by atoms with Crippen LogP contribution in [0.5, 0.6) is 0 Å². The second kappa shape index (κ2) is 10.2. The molecular formula is C16H28N4O2S. The molecule has 7 heteroatoms. The van der Waals surface area contributed by atoms with Crippen LogP contribution in [0.1, 0.15) is 45.1 Å². The van der Waals surface area contributed by atoms with Gasteiger partial charge in [-0.25, -0.2) is 18.5 Å². The van der Waals surface area contributed by atoms with Crippen LogP contribution in [-0.4, -0.2) is 27.5 Å². The molecule has 0 unspecified atom stereocenters. The van der Waals surface area contributed by atoms with E-state index in [1.165, 1.54) is 31.4 Å². The van der Waals surface area contributed by atoms with Gasteiger partial charge in [0.2, 0.25) is 10.0 Å². The Hall–Kier alpha value is -1.60. The highest BCUT2D eigenvalue weighted by molar-refractivity contribution is 7.89. The van der Waals surface area contributed by atoms with Gasteiger partial charge in [-0.3, -0.25) is 0 Å². The number of nitrogens with one attached hydrogen (secondary N) is 2. The molecule has 23 heavy (non-hydrogen) atoms. The van der Waals surface area contributed by atoms with Crippen molar-refractivity contribution >= 4 is 16.0 Å². The van der Waals surface area contributed by atoms with Gasteiger partial charge < -0.3 is 10.6 Å². The van der Waals surface area contributed by atoms with E-state index < -0.39 is 10.0 Å². The summed E-state index contributed by atoms with van der Waals surface area (Å²) in [6.07, 6.45) is 4.83. The van der Waals surface area contributed by atoms with Crippen LogP contribution in [0.4, 0.5) is 0 Å². The smallest absolute Gasteiger partial charge is 0.238 e. The fraction of sp³-hybridized carbons (Fsp3) is 0.562. The van der Waals surface area contributed by atoms with Crippen LogP contribution in [0.25, 0.3) is 0 Å². The van der Waals surface area contributed by atoms with E-state index in [0.717, 1.165) is 31.0 Å². The van der Waals surface area contributed by atoms with E-state index in [2.05, 4.69) is 22.5 Å². The SMILES string of the molecule is CCCCCCNC(=NCc1ccc(S(N)(=O)=O)cc1)NCC. The molecule has 0 aromatic heterocycles. The molecular weight excluding hydrogens is 312 g/mol. The molecule has 1 aromatic carbocycles. The van der Waals surface area contributed by atoms with Crippen molar-refractivity contribution in [2.75, 3.05) is 13.1 Å². The Kier molecular flexibility index (Phi) is 8.65. The van der Waals surface area contributed by atoms with Crippen LogP contribution in [0.2, 0.25) is 0 Å². The lowest BCUT2D eigenvalue weighted by molar-refractivity contribution is 0.598. The summed E-state index contributed by atoms with van der Waals surface area (Å²) in [5, 5.41) is 11.6. The highest BCUT2D eigenvalue weighted by Gasteiger charge is 2.06. The number of sulfonamides is 1. The van der Waals surface area contributed by atoms with Crippen LogP contribution >= 0.6 is 0 Å². The summed E-state index contributed by atoms with van der Waals surface area (Å²) >= 11 is 0. The van der Waals surface area contributed by atoms with Gasteiger partial charge in [-0.2, -0.15) is 0 Å². The van der Waals surface area contributed by atoms with Crippen molar-refractivity contribution in [2.24, 2.45) is 10.1 Å². The Labute approximate surface area is 139 Å². The highest BCUT2D eigenvalue weighted by atomic mass is 32.2. The van der Waals surface area contributed by atoms with Crippen molar-refractivity contribution in [3.05, 3.63) is 29.8 Å². The van der Waals surface area contributed by atoms with Crippen molar-refractivity contribution < 1.29 is 8.42 Å². The first-order valence-electron chi connectivity index (χ1n) is 8.11. The predicted octanol–water partition coefficient (Wildman–Crippen LogP) is 1.97. The Balaban J connectivity index is 2.55. The molecule has 0 saturated carbocycles. The number of primary sulfonamides is 1. The minimum atomic E-state index is -3.64. The number of rotatable bonds is 9. The first-order valence-corrected chi connectivity index (χ1v) is 9.66. The zero-order valence-electron chi connectivity index (χ0n) is 14.0. The van der Waals surface area contributed by atoms with E-state index in [0.29, 0.717) is 6.54 Å². The summed E-state index contributed by atoms with van der Waals surface area (Å²) in [4.78, 5) is 4.62. The van der Waals surface area contributed by atoms with Gasteiger partial charge in [-0.05, 0) is 31.0 Å². The largest absolute Gasteiger partial charge is 0.357 e. The lowest BCUT2D eigenvalue weighted by atomic mass is 10.2. The molecule has 0 heterocycles. The summed E-state index contributed by atoms with van der Waals surface area (Å²) in [6, 6.07) is 6.47. The van der Waals surface area contributed by atoms with Crippen LogP contribution in [0, 0.1) is 0 Å². The molecule has 130 valence electrons. The van der Waals surface area contributed by atoms with Gasteiger partial charge in [0.1, 0.15) is 0 Å². The molecule has 0 aliphatic rings. The Morgan fingerprint density at radius 3 is 2.35 bits per heavy atom. The summed E-state index contributed by atoms with van der Waals surface area (Å²) in [7, 11) is -3.64. The second-order valence-corrected chi connectivity index (χ2v) is 6.93. The quantitative estimate of drug-likeness (QED) is 0.364. The van der Waals surface area contributed by atoms with Gasteiger partial charge in [0.15, 0.2) is 5.96 Å². The third-order valence-electron chi connectivity index (χ3n) is 3.34. The van der Waals surface area contributed by atoms with Crippen molar-refractivity contribution in [1.82, 2.24) is 10.6 Å². The molecule has 6 nitrogen and oxygen atoms in total. The van der Waals surface area contributed by atoms with E-state index in [-0.39, 0.29) is 4.90 Å². The lowest BCUT2D eigenvalue weighted by Crippen LogP contribution is -2.37. The topological polar surface area (TPSA) is 96.6 Å². The Morgan fingerprint density at radius 1 is 1.09 bits per heavy atom. The van der Waals surface area contributed by atoms with E-state index in [1.54, 1.807) is 12.1 Å². The van der Waals surface area contributed by atoms with E-state index >= 15 is 0 Å². The molecule has 4 N–H and O–H groups in total. The molecule has 0 aliphatic heterocycles. The van der Waals surface area contributed by atoms with E-state index in [4.69, 9.17) is 5.14 Å². The number of aliphatic imine (C=N–C) groups is 1. The number of guanidine groups is 1. The number of hydrogen-bond donors (Lipinski definition) is 3. The minimum Gasteiger partial charge on any atom is -0.357 e. The fourth-order valence-electron chi connectivity index (χ4n) is 2.06. The standard InChI is InChI=1S/C16H28N4O2S/c1-3-5-6-7-12-19-16(18-4-2)20-13-14-8-10-15(11-9-14)23(17,21)22/h8-11H,3-7,12-13H2,1-2H3,(H2,17,21,22)(H2,18,19,20). The third-order valence-corrected chi connectivity index (χ3v) is 4.27. The molecule has 0 atom stereocenters. The molecule has 0 spiro atoms. The molecule has 1 rings (SSSR count). The van der Waals surface area contributed by atoms with Crippen molar-refractivity contribution in [1.29, 1.82) is 0 Å². The second-order valence-electron chi connectivity index (χ2n) is 5.37. The maximum Gasteiger partial charge on any atom is 0.238 e. The number of nitrogens with two attached hydrogens (primary N) is 1. The predicted molar refractivity (Wildman–Crippen MR) is 94.8 cm³/mol. The first-order chi connectivity index (χ1) is 11.0. The summed E-state index contributed by atoms with van der Waals surface area (Å²) in [5.41, 5.74) is 0.931. The zero-order chi connectivity index (χ0) is 17.1. The maximum absolute atomic E-state index is 11.2. The molecule has 0 radical (unpaired) electrons. The third kappa shape index (κ3) is 7.99. The van der Waals surface area contributed by atoms with Crippen LogP contribution < -0.4 is 15.8 Å². The molecule has 1 aromatic rings. The van der Waals surface area contributed by atoms with Gasteiger partial charge in [0, 0.05) is 13.1 Å². The average Bonchev–Trinajstić information content (AvgIpc) is 2.52. The molecule has 0 aliphatic carbocycles. The van der Waals surface area contributed by atoms with E-state index in [1.807, 2.05) is 6.92 Å². The Morgan fingerprint density at radius 2 is 1.78 bits per heavy atom. The van der Waals surface area contributed by atoms with Crippen molar-refractivity contribution in [3.8, 4) is 0 Å². The first kappa shape index (κ1) is 19.4. The molecule has 0 amide bonds. The summed E-state index contributed by atoms with van der Waals surface area (Å²) in [5.74, 6) is 0.777. The van der Waals surface area contributed by atoms with Gasteiger partial charge >= 0.3 is 0 Å². The van der Waals surface area contributed by atoms with Gasteiger partial charge in [-0.1, -0.05) is 38.3 Å². The van der Waals surface area contributed by atoms with Crippen molar-refractivity contribution in [3.63, 3.8) is 0 Å². The normalized spacial score (nSPS) is 12.2. The Bertz CT molecular complexity index is 583. The lowest BCUT2D eigenvalue weighted by Gasteiger charge is -2.11. The zero-order valence-corrected chi connectivity index (χ0v) is 14.8. The van der Waals surface area contributed by atoms with E-state index in [9.17, 15) is 8.42 Å². The van der Waals surface area contributed by atoms with Gasteiger partial charge in [0.25, 0.3) is 0 Å². The van der Waals surface area contributed by atoms with Gasteiger partial charge in [-0.15, -0.1) is 0 Å². The van der Waals surface area contributed by atoms with Crippen LogP contribution in [0.15, 0.2) is 34.2 Å². The summed E-state index contributed by atoms with van der Waals surface area (Å²) < 4.78 is 22.4. The van der Waals surface area contributed by atoms with Gasteiger partial charge in [0.05, 0.1) is 11.4 Å². The monoisotopic (exact) mass is 340 g/mol. The number of unbranched alkanes of at least 4 members (excludes halogenated alkanes) is 3. The molecule has 0 fully saturated rings.